The first kappa shape index (κ1) is 21.7. The van der Waals surface area contributed by atoms with Gasteiger partial charge in [-0.15, -0.1) is 0 Å². The number of anilines is 1. The first-order chi connectivity index (χ1) is 17.2. The SMILES string of the molecule is CN1CCOc2cc(-c3ncc4c(ccn4CC4CCNCC4)c3-c3ccc(C#N)cc3)ccc21. The molecule has 6 heteroatoms. The number of likely N-dealkylation sites (N-methyl/N-ethyl adjacent to an activating group) is 1. The number of pyridine rings is 1. The van der Waals surface area contributed by atoms with E-state index in [1.807, 2.05) is 30.5 Å². The van der Waals surface area contributed by atoms with E-state index in [1.54, 1.807) is 0 Å². The lowest BCUT2D eigenvalue weighted by Gasteiger charge is -2.28. The van der Waals surface area contributed by atoms with Crippen molar-refractivity contribution in [3.05, 3.63) is 66.5 Å². The number of hydrogen-bond acceptors (Lipinski definition) is 5. The number of rotatable bonds is 4. The highest BCUT2D eigenvalue weighted by Crippen LogP contribution is 2.41. The van der Waals surface area contributed by atoms with E-state index < -0.39 is 0 Å². The summed E-state index contributed by atoms with van der Waals surface area (Å²) in [6.45, 7) is 4.77. The van der Waals surface area contributed by atoms with Crippen LogP contribution in [-0.4, -0.2) is 42.8 Å². The Morgan fingerprint density at radius 1 is 1.09 bits per heavy atom. The van der Waals surface area contributed by atoms with Crippen LogP contribution >= 0.6 is 0 Å². The summed E-state index contributed by atoms with van der Waals surface area (Å²) in [6, 6.07) is 18.7. The second-order valence-corrected chi connectivity index (χ2v) is 9.58. The molecule has 35 heavy (non-hydrogen) atoms. The fraction of sp³-hybridized carbons (Fsp3) is 0.310. The van der Waals surface area contributed by atoms with Crippen LogP contribution in [0.4, 0.5) is 5.69 Å². The molecule has 2 aromatic carbocycles. The third kappa shape index (κ3) is 4.02. The highest BCUT2D eigenvalue weighted by atomic mass is 16.5. The molecule has 4 heterocycles. The van der Waals surface area contributed by atoms with E-state index >= 15 is 0 Å². The van der Waals surface area contributed by atoms with Crippen LogP contribution in [0.15, 0.2) is 60.9 Å². The minimum atomic E-state index is 0.657. The first-order valence-corrected chi connectivity index (χ1v) is 12.4. The van der Waals surface area contributed by atoms with Gasteiger partial charge in [-0.05, 0) is 67.7 Å². The number of nitriles is 1. The smallest absolute Gasteiger partial charge is 0.143 e. The van der Waals surface area contributed by atoms with Crippen LogP contribution in [0.3, 0.4) is 0 Å². The lowest BCUT2D eigenvalue weighted by molar-refractivity contribution is 0.311. The van der Waals surface area contributed by atoms with E-state index in [0.717, 1.165) is 65.5 Å². The zero-order valence-corrected chi connectivity index (χ0v) is 20.0. The van der Waals surface area contributed by atoms with Crippen LogP contribution in [0.5, 0.6) is 5.75 Å². The third-order valence-electron chi connectivity index (χ3n) is 7.37. The van der Waals surface area contributed by atoms with Crippen molar-refractivity contribution in [2.24, 2.45) is 5.92 Å². The van der Waals surface area contributed by atoms with Crippen molar-refractivity contribution < 1.29 is 4.74 Å². The van der Waals surface area contributed by atoms with Crippen molar-refractivity contribution >= 4 is 16.6 Å². The Morgan fingerprint density at radius 2 is 1.89 bits per heavy atom. The maximum absolute atomic E-state index is 9.31. The number of piperidine rings is 1. The van der Waals surface area contributed by atoms with Crippen LogP contribution in [0.25, 0.3) is 33.3 Å². The molecule has 0 atom stereocenters. The molecule has 2 aliphatic heterocycles. The van der Waals surface area contributed by atoms with Gasteiger partial charge < -0.3 is 19.5 Å². The molecule has 6 nitrogen and oxygen atoms in total. The summed E-state index contributed by atoms with van der Waals surface area (Å²) in [4.78, 5) is 7.25. The molecule has 1 fully saturated rings. The Morgan fingerprint density at radius 3 is 2.69 bits per heavy atom. The van der Waals surface area contributed by atoms with E-state index in [1.165, 1.54) is 18.2 Å². The van der Waals surface area contributed by atoms with E-state index in [4.69, 9.17) is 9.72 Å². The standard InChI is InChI=1S/C29H29N5O/c1-33-14-15-35-27-16-23(6-7-25(27)33)29-28(22-4-2-20(17-30)3-5-22)24-10-13-34(26(24)18-32-29)19-21-8-11-31-12-9-21/h2-7,10,13,16,18,21,31H,8-9,11-12,14-15,19H2,1H3. The quantitative estimate of drug-likeness (QED) is 0.458. The highest BCUT2D eigenvalue weighted by Gasteiger charge is 2.21. The van der Waals surface area contributed by atoms with Crippen molar-refractivity contribution in [1.29, 1.82) is 5.26 Å². The largest absolute Gasteiger partial charge is 0.490 e. The third-order valence-corrected chi connectivity index (χ3v) is 7.37. The van der Waals surface area contributed by atoms with Crippen molar-refractivity contribution in [1.82, 2.24) is 14.9 Å². The number of nitrogens with zero attached hydrogens (tertiary/aromatic N) is 4. The normalized spacial score (nSPS) is 16.1. The number of benzene rings is 2. The van der Waals surface area contributed by atoms with Crippen molar-refractivity contribution in [2.45, 2.75) is 19.4 Å². The molecule has 0 radical (unpaired) electrons. The van der Waals surface area contributed by atoms with Crippen LogP contribution in [0.2, 0.25) is 0 Å². The van der Waals surface area contributed by atoms with Crippen LogP contribution in [0.1, 0.15) is 18.4 Å². The molecule has 6 rings (SSSR count). The molecule has 0 amide bonds. The van der Waals surface area contributed by atoms with Crippen molar-refractivity contribution in [2.75, 3.05) is 38.2 Å². The molecule has 0 spiro atoms. The van der Waals surface area contributed by atoms with E-state index in [2.05, 4.69) is 58.4 Å². The summed E-state index contributed by atoms with van der Waals surface area (Å²) in [5, 5.41) is 14.0. The van der Waals surface area contributed by atoms with Gasteiger partial charge in [0.25, 0.3) is 0 Å². The van der Waals surface area contributed by atoms with Crippen LogP contribution < -0.4 is 15.0 Å². The molecule has 176 valence electrons. The summed E-state index contributed by atoms with van der Waals surface area (Å²) in [5.74, 6) is 1.58. The van der Waals surface area contributed by atoms with E-state index in [-0.39, 0.29) is 0 Å². The number of aromatic nitrogens is 2. The van der Waals surface area contributed by atoms with Gasteiger partial charge in [0.1, 0.15) is 12.4 Å². The number of ether oxygens (including phenoxy) is 1. The molecule has 4 aromatic rings. The van der Waals surface area contributed by atoms with Gasteiger partial charge in [-0.2, -0.15) is 5.26 Å². The molecule has 2 aromatic heterocycles. The average molecular weight is 464 g/mol. The predicted octanol–water partition coefficient (Wildman–Crippen LogP) is 5.07. The molecule has 1 N–H and O–H groups in total. The first-order valence-electron chi connectivity index (χ1n) is 12.4. The monoisotopic (exact) mass is 463 g/mol. The molecule has 0 unspecified atom stereocenters. The maximum atomic E-state index is 9.31. The Labute approximate surface area is 205 Å². The molecule has 2 aliphatic rings. The number of nitrogens with one attached hydrogen (secondary N) is 1. The van der Waals surface area contributed by atoms with Gasteiger partial charge in [0.15, 0.2) is 0 Å². The minimum absolute atomic E-state index is 0.657. The molecule has 0 saturated carbocycles. The summed E-state index contributed by atoms with van der Waals surface area (Å²) in [5.41, 5.74) is 7.04. The summed E-state index contributed by atoms with van der Waals surface area (Å²) in [7, 11) is 2.10. The van der Waals surface area contributed by atoms with Gasteiger partial charge in [-0.3, -0.25) is 4.98 Å². The molecule has 0 aliphatic carbocycles. The number of fused-ring (bicyclic) bond motifs is 2. The fourth-order valence-electron chi connectivity index (χ4n) is 5.39. The van der Waals surface area contributed by atoms with Crippen molar-refractivity contribution in [3.8, 4) is 34.2 Å². The topological polar surface area (TPSA) is 66.1 Å². The lowest BCUT2D eigenvalue weighted by atomic mass is 9.95. The van der Waals surface area contributed by atoms with Crippen LogP contribution in [-0.2, 0) is 6.54 Å². The summed E-state index contributed by atoms with van der Waals surface area (Å²) < 4.78 is 8.35. The van der Waals surface area contributed by atoms with Gasteiger partial charge in [0.05, 0.1) is 41.3 Å². The lowest BCUT2D eigenvalue weighted by Crippen LogP contribution is -2.29. The Kier molecular flexibility index (Phi) is 5.63. The second kappa shape index (κ2) is 9.09. The predicted molar refractivity (Wildman–Crippen MR) is 140 cm³/mol. The summed E-state index contributed by atoms with van der Waals surface area (Å²) in [6.07, 6.45) is 6.63. The van der Waals surface area contributed by atoms with Gasteiger partial charge in [0, 0.05) is 36.3 Å². The summed E-state index contributed by atoms with van der Waals surface area (Å²) >= 11 is 0. The second-order valence-electron chi connectivity index (χ2n) is 9.58. The zero-order valence-electron chi connectivity index (χ0n) is 20.0. The molecular weight excluding hydrogens is 434 g/mol. The van der Waals surface area contributed by atoms with Gasteiger partial charge >= 0.3 is 0 Å². The Hall–Kier alpha value is -3.82. The Balaban J connectivity index is 1.49. The maximum Gasteiger partial charge on any atom is 0.143 e. The van der Waals surface area contributed by atoms with E-state index in [9.17, 15) is 5.26 Å². The van der Waals surface area contributed by atoms with Gasteiger partial charge in [-0.1, -0.05) is 18.2 Å². The van der Waals surface area contributed by atoms with Crippen LogP contribution in [0, 0.1) is 17.2 Å². The zero-order chi connectivity index (χ0) is 23.8. The van der Waals surface area contributed by atoms with E-state index in [0.29, 0.717) is 18.1 Å². The molecule has 1 saturated heterocycles. The highest BCUT2D eigenvalue weighted by molar-refractivity contribution is 6.02. The average Bonchev–Trinajstić information content (AvgIpc) is 3.31. The number of hydrogen-bond donors (Lipinski definition) is 1. The van der Waals surface area contributed by atoms with Crippen molar-refractivity contribution in [3.63, 3.8) is 0 Å². The van der Waals surface area contributed by atoms with Gasteiger partial charge in [-0.25, -0.2) is 0 Å². The molecular formula is C29H29N5O. The minimum Gasteiger partial charge on any atom is -0.490 e. The van der Waals surface area contributed by atoms with Gasteiger partial charge in [0.2, 0.25) is 0 Å². The molecule has 0 bridgehead atoms. The fourth-order valence-corrected chi connectivity index (χ4v) is 5.39. The Bertz CT molecular complexity index is 1410.